The number of nitrogens with two attached hydrogens (primary N) is 1. The van der Waals surface area contributed by atoms with Crippen molar-refractivity contribution in [1.29, 1.82) is 5.26 Å². The maximum absolute atomic E-state index is 13.4. The van der Waals surface area contributed by atoms with Gasteiger partial charge in [-0.3, -0.25) is 4.79 Å². The van der Waals surface area contributed by atoms with Gasteiger partial charge < -0.3 is 29.5 Å². The van der Waals surface area contributed by atoms with Gasteiger partial charge in [0.05, 0.1) is 23.5 Å². The molecule has 37 heavy (non-hydrogen) atoms. The maximum Gasteiger partial charge on any atom is 0.344 e. The minimum absolute atomic E-state index is 0.0373. The first kappa shape index (κ1) is 24.0. The topological polar surface area (TPSA) is 135 Å². The van der Waals surface area contributed by atoms with Crippen molar-refractivity contribution < 1.29 is 13.9 Å². The van der Waals surface area contributed by atoms with Crippen LogP contribution in [0.5, 0.6) is 11.5 Å². The number of hydrogen-bond acceptors (Lipinski definition) is 8. The zero-order valence-corrected chi connectivity index (χ0v) is 20.8. The highest BCUT2D eigenvalue weighted by atomic mass is 16.5. The Morgan fingerprint density at radius 2 is 1.89 bits per heavy atom. The van der Waals surface area contributed by atoms with Crippen LogP contribution in [-0.4, -0.2) is 24.7 Å². The first-order valence-corrected chi connectivity index (χ1v) is 12.1. The van der Waals surface area contributed by atoms with E-state index in [-0.39, 0.29) is 28.3 Å². The van der Waals surface area contributed by atoms with Crippen LogP contribution in [0.25, 0.3) is 21.9 Å². The van der Waals surface area contributed by atoms with Gasteiger partial charge in [-0.15, -0.1) is 0 Å². The molecular weight excluding hydrogens is 472 g/mol. The van der Waals surface area contributed by atoms with Crippen LogP contribution in [0.4, 0.5) is 5.69 Å². The van der Waals surface area contributed by atoms with Crippen molar-refractivity contribution in [2.45, 2.75) is 26.7 Å². The van der Waals surface area contributed by atoms with E-state index in [4.69, 9.17) is 19.6 Å². The molecule has 0 saturated heterocycles. The average molecular weight is 499 g/mol. The number of rotatable bonds is 6. The van der Waals surface area contributed by atoms with Crippen molar-refractivity contribution in [3.05, 3.63) is 85.8 Å². The lowest BCUT2D eigenvalue weighted by Gasteiger charge is -2.26. The second kappa shape index (κ2) is 9.39. The molecule has 5 rings (SSSR count). The molecule has 9 heteroatoms. The summed E-state index contributed by atoms with van der Waals surface area (Å²) in [5, 5.41) is 11.2. The predicted molar refractivity (Wildman–Crippen MR) is 141 cm³/mol. The highest BCUT2D eigenvalue weighted by Gasteiger charge is 2.37. The standard InChI is InChI=1S/C28H26N4O5/c1-4-32(5-2)16-7-9-18-22(13-16)36-28(34)24-23(20(14-29)26(30)37-25(18)24)19-12-15-11-17(35-6-3)8-10-21(15)31-27(19)33/h7-13,23H,4-6,30H2,1-3H3,(H,31,33). The van der Waals surface area contributed by atoms with Crippen molar-refractivity contribution in [2.24, 2.45) is 5.73 Å². The van der Waals surface area contributed by atoms with Crippen LogP contribution in [0.2, 0.25) is 0 Å². The number of hydrogen-bond donors (Lipinski definition) is 2. The summed E-state index contributed by atoms with van der Waals surface area (Å²) >= 11 is 0. The number of nitrogens with zero attached hydrogens (tertiary/aromatic N) is 2. The second-order valence-electron chi connectivity index (χ2n) is 8.65. The molecule has 3 N–H and O–H groups in total. The minimum Gasteiger partial charge on any atom is -0.494 e. The maximum atomic E-state index is 13.4. The summed E-state index contributed by atoms with van der Waals surface area (Å²) in [6, 6.07) is 14.5. The van der Waals surface area contributed by atoms with E-state index < -0.39 is 17.1 Å². The molecule has 2 aromatic heterocycles. The number of fused-ring (bicyclic) bond motifs is 4. The molecule has 9 nitrogen and oxygen atoms in total. The minimum atomic E-state index is -1.07. The van der Waals surface area contributed by atoms with Gasteiger partial charge in [0.1, 0.15) is 23.0 Å². The Labute approximate surface area is 212 Å². The van der Waals surface area contributed by atoms with Crippen molar-refractivity contribution in [3.63, 3.8) is 0 Å². The first-order chi connectivity index (χ1) is 17.9. The fourth-order valence-electron chi connectivity index (χ4n) is 4.87. The fraction of sp³-hybridized carbons (Fsp3) is 0.250. The van der Waals surface area contributed by atoms with Gasteiger partial charge in [0, 0.05) is 41.3 Å². The molecular formula is C28H26N4O5. The number of aromatic nitrogens is 1. The molecule has 0 aliphatic carbocycles. The number of H-pyrrole nitrogens is 1. The molecule has 1 unspecified atom stereocenters. The van der Waals surface area contributed by atoms with Crippen LogP contribution < -0.4 is 31.3 Å². The number of aromatic amines is 1. The van der Waals surface area contributed by atoms with E-state index in [1.165, 1.54) is 0 Å². The summed E-state index contributed by atoms with van der Waals surface area (Å²) in [4.78, 5) is 31.6. The quantitative estimate of drug-likeness (QED) is 0.380. The van der Waals surface area contributed by atoms with Gasteiger partial charge >= 0.3 is 5.63 Å². The molecule has 0 amide bonds. The molecule has 2 aromatic carbocycles. The van der Waals surface area contributed by atoms with Crippen LogP contribution in [-0.2, 0) is 0 Å². The molecule has 0 saturated carbocycles. The molecule has 188 valence electrons. The third-order valence-electron chi connectivity index (χ3n) is 6.65. The number of benzene rings is 2. The van der Waals surface area contributed by atoms with Crippen LogP contribution in [0.15, 0.2) is 67.9 Å². The van der Waals surface area contributed by atoms with Gasteiger partial charge in [-0.25, -0.2) is 4.79 Å². The lowest BCUT2D eigenvalue weighted by atomic mass is 9.84. The Kier molecular flexibility index (Phi) is 6.09. The van der Waals surface area contributed by atoms with E-state index in [1.54, 1.807) is 36.4 Å². The zero-order valence-electron chi connectivity index (χ0n) is 20.8. The Balaban J connectivity index is 1.76. The van der Waals surface area contributed by atoms with Gasteiger partial charge in [-0.1, -0.05) is 0 Å². The molecule has 0 bridgehead atoms. The second-order valence-corrected chi connectivity index (χ2v) is 8.65. The van der Waals surface area contributed by atoms with Crippen LogP contribution >= 0.6 is 0 Å². The first-order valence-electron chi connectivity index (χ1n) is 12.1. The molecule has 1 atom stereocenters. The van der Waals surface area contributed by atoms with E-state index in [2.05, 4.69) is 9.88 Å². The SMILES string of the molecule is CCOc1ccc2[nH]c(=O)c(C3C(C#N)=C(N)Oc4c3c(=O)oc3cc(N(CC)CC)ccc43)cc2c1. The smallest absolute Gasteiger partial charge is 0.344 e. The van der Waals surface area contributed by atoms with Crippen LogP contribution in [0.1, 0.15) is 37.8 Å². The van der Waals surface area contributed by atoms with E-state index in [9.17, 15) is 14.9 Å². The monoisotopic (exact) mass is 498 g/mol. The summed E-state index contributed by atoms with van der Waals surface area (Å²) in [5.41, 5.74) is 7.04. The van der Waals surface area contributed by atoms with Crippen LogP contribution in [0, 0.1) is 11.3 Å². The summed E-state index contributed by atoms with van der Waals surface area (Å²) in [6.07, 6.45) is 0. The van der Waals surface area contributed by atoms with Crippen molar-refractivity contribution in [2.75, 3.05) is 24.6 Å². The molecule has 3 heterocycles. The molecule has 0 radical (unpaired) electrons. The summed E-state index contributed by atoms with van der Waals surface area (Å²) in [6.45, 7) is 8.01. The summed E-state index contributed by atoms with van der Waals surface area (Å²) in [5.74, 6) is -0.421. The van der Waals surface area contributed by atoms with Crippen molar-refractivity contribution >= 4 is 27.6 Å². The molecule has 0 spiro atoms. The normalized spacial score (nSPS) is 14.8. The Morgan fingerprint density at radius 1 is 1.11 bits per heavy atom. The number of allylic oxidation sites excluding steroid dienone is 1. The summed E-state index contributed by atoms with van der Waals surface area (Å²) < 4.78 is 17.2. The number of anilines is 1. The highest BCUT2D eigenvalue weighted by molar-refractivity contribution is 5.89. The Bertz CT molecular complexity index is 1720. The number of ether oxygens (including phenoxy) is 2. The Hall–Kier alpha value is -4.71. The number of nitrogens with one attached hydrogen (secondary N) is 1. The molecule has 4 aromatic rings. The molecule has 1 aliphatic heterocycles. The molecule has 1 aliphatic rings. The number of nitriles is 1. The fourth-order valence-corrected chi connectivity index (χ4v) is 4.87. The predicted octanol–water partition coefficient (Wildman–Crippen LogP) is 4.10. The van der Waals surface area contributed by atoms with Gasteiger partial charge in [-0.05, 0) is 57.2 Å². The summed E-state index contributed by atoms with van der Waals surface area (Å²) in [7, 11) is 0. The third-order valence-corrected chi connectivity index (χ3v) is 6.65. The lowest BCUT2D eigenvalue weighted by Crippen LogP contribution is -2.29. The third kappa shape index (κ3) is 3.96. The Morgan fingerprint density at radius 3 is 2.59 bits per heavy atom. The number of pyridine rings is 1. The van der Waals surface area contributed by atoms with Gasteiger partial charge in [0.15, 0.2) is 5.75 Å². The van der Waals surface area contributed by atoms with Crippen molar-refractivity contribution in [1.82, 2.24) is 4.98 Å². The average Bonchev–Trinajstić information content (AvgIpc) is 2.88. The van der Waals surface area contributed by atoms with Crippen LogP contribution in [0.3, 0.4) is 0 Å². The van der Waals surface area contributed by atoms with Gasteiger partial charge in [0.2, 0.25) is 5.88 Å². The lowest BCUT2D eigenvalue weighted by molar-refractivity contribution is 0.340. The van der Waals surface area contributed by atoms with E-state index >= 15 is 0 Å². The van der Waals surface area contributed by atoms with Crippen molar-refractivity contribution in [3.8, 4) is 17.6 Å². The van der Waals surface area contributed by atoms with E-state index in [0.29, 0.717) is 34.2 Å². The van der Waals surface area contributed by atoms with Gasteiger partial charge in [-0.2, -0.15) is 5.26 Å². The van der Waals surface area contributed by atoms with E-state index in [1.807, 2.05) is 32.9 Å². The largest absolute Gasteiger partial charge is 0.494 e. The van der Waals surface area contributed by atoms with Gasteiger partial charge in [0.25, 0.3) is 5.56 Å². The van der Waals surface area contributed by atoms with E-state index in [0.717, 1.165) is 18.8 Å². The molecule has 0 fully saturated rings. The zero-order chi connectivity index (χ0) is 26.3. The highest BCUT2D eigenvalue weighted by Crippen LogP contribution is 2.43.